The standard InChI is InChI=1S/C22H28N4O12/c23-12(7-10-1-3-11(27)4-2-10)19(34)24-13(5-6-16(28)29)20(35)25-14(8-17(30)31)21(36)26-15(22(37)38)9-18(32)33/h1-4,12-15,27H,5-9,23H2,(H,24,34)(H,25,35)(H,26,36)(H,28,29)(H,30,31)(H,32,33)(H,37,38). The zero-order valence-corrected chi connectivity index (χ0v) is 19.8. The largest absolute Gasteiger partial charge is 0.508 e. The van der Waals surface area contributed by atoms with Gasteiger partial charge >= 0.3 is 23.9 Å². The Morgan fingerprint density at radius 1 is 0.684 bits per heavy atom. The van der Waals surface area contributed by atoms with Crippen LogP contribution >= 0.6 is 0 Å². The molecule has 1 aromatic carbocycles. The van der Waals surface area contributed by atoms with E-state index in [1.807, 2.05) is 10.6 Å². The molecule has 1 rings (SSSR count). The van der Waals surface area contributed by atoms with Crippen molar-refractivity contribution < 1.29 is 59.1 Å². The van der Waals surface area contributed by atoms with Crippen LogP contribution < -0.4 is 21.7 Å². The fourth-order valence-electron chi connectivity index (χ4n) is 3.10. The van der Waals surface area contributed by atoms with Crippen molar-refractivity contribution in [3.8, 4) is 5.75 Å². The van der Waals surface area contributed by atoms with Crippen molar-refractivity contribution in [3.05, 3.63) is 29.8 Å². The Labute approximate surface area is 214 Å². The van der Waals surface area contributed by atoms with E-state index in [-0.39, 0.29) is 12.2 Å². The molecule has 16 nitrogen and oxygen atoms in total. The quantitative estimate of drug-likeness (QED) is 0.106. The number of aliphatic carboxylic acids is 4. The van der Waals surface area contributed by atoms with Gasteiger partial charge in [-0.1, -0.05) is 12.1 Å². The molecule has 16 heteroatoms. The van der Waals surface area contributed by atoms with E-state index in [9.17, 15) is 38.7 Å². The molecule has 4 unspecified atom stereocenters. The van der Waals surface area contributed by atoms with Crippen molar-refractivity contribution in [1.29, 1.82) is 0 Å². The number of benzene rings is 1. The van der Waals surface area contributed by atoms with Crippen LogP contribution in [0.3, 0.4) is 0 Å². The number of hydrogen-bond donors (Lipinski definition) is 9. The smallest absolute Gasteiger partial charge is 0.326 e. The Hall–Kier alpha value is -4.73. The van der Waals surface area contributed by atoms with Gasteiger partial charge in [-0.05, 0) is 30.5 Å². The summed E-state index contributed by atoms with van der Waals surface area (Å²) in [6.45, 7) is 0. The van der Waals surface area contributed by atoms with Crippen molar-refractivity contribution in [3.63, 3.8) is 0 Å². The van der Waals surface area contributed by atoms with Crippen LogP contribution in [0.4, 0.5) is 0 Å². The van der Waals surface area contributed by atoms with Crippen LogP contribution in [-0.4, -0.2) is 91.3 Å². The zero-order chi connectivity index (χ0) is 29.0. The number of nitrogens with two attached hydrogens (primary N) is 1. The van der Waals surface area contributed by atoms with E-state index in [0.717, 1.165) is 0 Å². The van der Waals surface area contributed by atoms with Gasteiger partial charge in [0.05, 0.1) is 18.9 Å². The molecule has 1 aromatic rings. The third-order valence-electron chi connectivity index (χ3n) is 5.01. The number of carbonyl (C=O) groups excluding carboxylic acids is 3. The van der Waals surface area contributed by atoms with Crippen LogP contribution in [0.1, 0.15) is 31.2 Å². The molecule has 0 radical (unpaired) electrons. The summed E-state index contributed by atoms with van der Waals surface area (Å²) in [5, 5.41) is 51.4. The number of phenols is 1. The van der Waals surface area contributed by atoms with Gasteiger partial charge in [0.25, 0.3) is 0 Å². The number of hydrogen-bond acceptors (Lipinski definition) is 9. The van der Waals surface area contributed by atoms with Gasteiger partial charge in [0.15, 0.2) is 0 Å². The number of carboxylic acids is 4. The molecule has 0 saturated heterocycles. The topological polar surface area (TPSA) is 283 Å². The van der Waals surface area contributed by atoms with Crippen molar-refractivity contribution >= 4 is 41.6 Å². The summed E-state index contributed by atoms with van der Waals surface area (Å²) in [7, 11) is 0. The van der Waals surface area contributed by atoms with E-state index in [2.05, 4.69) is 5.32 Å². The summed E-state index contributed by atoms with van der Waals surface area (Å²) in [4.78, 5) is 82.2. The molecule has 0 fully saturated rings. The fraction of sp³-hybridized carbons (Fsp3) is 0.409. The van der Waals surface area contributed by atoms with Crippen molar-refractivity contribution in [2.45, 2.75) is 56.3 Å². The van der Waals surface area contributed by atoms with Gasteiger partial charge in [-0.3, -0.25) is 28.8 Å². The van der Waals surface area contributed by atoms with Crippen molar-refractivity contribution in [2.24, 2.45) is 5.73 Å². The molecular formula is C22H28N4O12. The Kier molecular flexibility index (Phi) is 12.1. The molecule has 0 bridgehead atoms. The minimum Gasteiger partial charge on any atom is -0.508 e. The van der Waals surface area contributed by atoms with Gasteiger partial charge in [0, 0.05) is 6.42 Å². The summed E-state index contributed by atoms with van der Waals surface area (Å²) in [5.74, 6) is -9.61. The Morgan fingerprint density at radius 2 is 1.16 bits per heavy atom. The minimum atomic E-state index is -1.94. The normalized spacial score (nSPS) is 13.7. The molecule has 0 aliphatic rings. The second-order valence-electron chi connectivity index (χ2n) is 8.13. The molecule has 0 aromatic heterocycles. The van der Waals surface area contributed by atoms with E-state index < -0.39 is 91.4 Å². The first-order chi connectivity index (χ1) is 17.7. The van der Waals surface area contributed by atoms with E-state index in [4.69, 9.17) is 26.2 Å². The lowest BCUT2D eigenvalue weighted by molar-refractivity contribution is -0.148. The highest BCUT2D eigenvalue weighted by atomic mass is 16.4. The van der Waals surface area contributed by atoms with Gasteiger partial charge in [0.2, 0.25) is 17.7 Å². The maximum atomic E-state index is 12.8. The predicted octanol–water partition coefficient (Wildman–Crippen LogP) is -2.38. The number of nitrogens with one attached hydrogen (secondary N) is 3. The molecule has 0 heterocycles. The molecule has 10 N–H and O–H groups in total. The van der Waals surface area contributed by atoms with Crippen molar-refractivity contribution in [2.75, 3.05) is 0 Å². The van der Waals surface area contributed by atoms with Crippen LogP contribution in [0.15, 0.2) is 24.3 Å². The first-order valence-corrected chi connectivity index (χ1v) is 11.0. The molecule has 0 aliphatic carbocycles. The van der Waals surface area contributed by atoms with E-state index >= 15 is 0 Å². The molecule has 0 spiro atoms. The molecule has 0 aliphatic heterocycles. The highest BCUT2D eigenvalue weighted by Crippen LogP contribution is 2.11. The molecule has 0 saturated carbocycles. The number of carboxylic acid groups (broad SMARTS) is 4. The van der Waals surface area contributed by atoms with E-state index in [1.165, 1.54) is 24.3 Å². The fourth-order valence-corrected chi connectivity index (χ4v) is 3.10. The molecule has 208 valence electrons. The number of phenolic OH excluding ortho intramolecular Hbond substituents is 1. The maximum absolute atomic E-state index is 12.8. The summed E-state index contributed by atoms with van der Waals surface area (Å²) < 4.78 is 0. The predicted molar refractivity (Wildman–Crippen MR) is 125 cm³/mol. The highest BCUT2D eigenvalue weighted by molar-refractivity contribution is 5.96. The first-order valence-electron chi connectivity index (χ1n) is 11.0. The number of aromatic hydroxyl groups is 1. The van der Waals surface area contributed by atoms with Crippen LogP contribution in [-0.2, 0) is 40.0 Å². The molecular weight excluding hydrogens is 512 g/mol. The SMILES string of the molecule is NC(Cc1ccc(O)cc1)C(=O)NC(CCC(=O)O)C(=O)NC(CC(=O)O)C(=O)NC(CC(=O)O)C(=O)O. The third-order valence-corrected chi connectivity index (χ3v) is 5.01. The van der Waals surface area contributed by atoms with Crippen LogP contribution in [0.5, 0.6) is 5.75 Å². The zero-order valence-electron chi connectivity index (χ0n) is 19.8. The lowest BCUT2D eigenvalue weighted by atomic mass is 10.0. The van der Waals surface area contributed by atoms with Gasteiger partial charge in [-0.2, -0.15) is 0 Å². The number of rotatable bonds is 16. The van der Waals surface area contributed by atoms with Gasteiger partial charge in [0.1, 0.15) is 23.9 Å². The van der Waals surface area contributed by atoms with Crippen LogP contribution in [0.2, 0.25) is 0 Å². The lowest BCUT2D eigenvalue weighted by Crippen LogP contribution is -2.57. The molecule has 38 heavy (non-hydrogen) atoms. The third kappa shape index (κ3) is 11.3. The Balaban J connectivity index is 3.02. The van der Waals surface area contributed by atoms with Crippen LogP contribution in [0.25, 0.3) is 0 Å². The highest BCUT2D eigenvalue weighted by Gasteiger charge is 2.32. The monoisotopic (exact) mass is 540 g/mol. The van der Waals surface area contributed by atoms with Gasteiger partial charge in [-0.15, -0.1) is 0 Å². The average Bonchev–Trinajstić information content (AvgIpc) is 2.81. The van der Waals surface area contributed by atoms with Crippen LogP contribution in [0, 0.1) is 0 Å². The molecule has 4 atom stereocenters. The van der Waals surface area contributed by atoms with Gasteiger partial charge < -0.3 is 47.2 Å². The van der Waals surface area contributed by atoms with Crippen molar-refractivity contribution in [1.82, 2.24) is 16.0 Å². The summed E-state index contributed by atoms with van der Waals surface area (Å²) >= 11 is 0. The summed E-state index contributed by atoms with van der Waals surface area (Å²) in [5.41, 5.74) is 6.42. The number of amides is 3. The Bertz CT molecular complexity index is 1060. The minimum absolute atomic E-state index is 0.0187. The number of carbonyl (C=O) groups is 7. The lowest BCUT2D eigenvalue weighted by Gasteiger charge is -2.24. The second-order valence-corrected chi connectivity index (χ2v) is 8.13. The second kappa shape index (κ2) is 14.7. The molecule has 3 amide bonds. The maximum Gasteiger partial charge on any atom is 0.326 e. The summed E-state index contributed by atoms with van der Waals surface area (Å²) in [6, 6.07) is -0.904. The first kappa shape index (κ1) is 31.3. The van der Waals surface area contributed by atoms with E-state index in [1.54, 1.807) is 0 Å². The Morgan fingerprint density at radius 3 is 1.66 bits per heavy atom. The van der Waals surface area contributed by atoms with Gasteiger partial charge in [-0.25, -0.2) is 4.79 Å². The average molecular weight is 540 g/mol. The van der Waals surface area contributed by atoms with E-state index in [0.29, 0.717) is 5.56 Å². The summed E-state index contributed by atoms with van der Waals surface area (Å²) in [6.07, 6.45) is -3.19.